The first-order chi connectivity index (χ1) is 13.6. The SMILES string of the molecule is C=C(NC)c1cc2cc(C3=CCCN(C(=O)Cc4cnccn4)C3)ccc2o1. The standard InChI is InChI=1S/C22H22N4O2/c1-15(23-2)21-11-18-10-16(5-6-20(18)28-21)17-4-3-9-26(14-17)22(27)12-19-13-24-7-8-25-19/h4-8,10-11,13,23H,1,3,9,12,14H2,2H3. The average molecular weight is 374 g/mol. The van der Waals surface area contributed by atoms with E-state index in [2.05, 4.69) is 34.0 Å². The number of nitrogens with one attached hydrogen (secondary N) is 1. The highest BCUT2D eigenvalue weighted by atomic mass is 16.3. The zero-order valence-corrected chi connectivity index (χ0v) is 15.8. The number of benzene rings is 1. The molecule has 6 heteroatoms. The molecule has 0 unspecified atom stereocenters. The molecule has 1 aliphatic heterocycles. The number of nitrogens with zero attached hydrogens (tertiary/aromatic N) is 3. The van der Waals surface area contributed by atoms with Gasteiger partial charge in [0.05, 0.1) is 17.8 Å². The van der Waals surface area contributed by atoms with Crippen LogP contribution in [0.4, 0.5) is 0 Å². The Morgan fingerprint density at radius 2 is 2.21 bits per heavy atom. The smallest absolute Gasteiger partial charge is 0.228 e. The maximum Gasteiger partial charge on any atom is 0.228 e. The third-order valence-corrected chi connectivity index (χ3v) is 4.94. The fourth-order valence-corrected chi connectivity index (χ4v) is 3.37. The van der Waals surface area contributed by atoms with E-state index in [0.29, 0.717) is 12.2 Å². The third kappa shape index (κ3) is 3.67. The molecule has 3 heterocycles. The Morgan fingerprint density at radius 1 is 1.32 bits per heavy atom. The molecule has 6 nitrogen and oxygen atoms in total. The lowest BCUT2D eigenvalue weighted by Gasteiger charge is -2.27. The topological polar surface area (TPSA) is 71.3 Å². The van der Waals surface area contributed by atoms with E-state index in [1.165, 1.54) is 0 Å². The molecule has 1 amide bonds. The van der Waals surface area contributed by atoms with Crippen LogP contribution in [0.2, 0.25) is 0 Å². The Labute approximate surface area is 163 Å². The molecule has 1 aromatic carbocycles. The van der Waals surface area contributed by atoms with Gasteiger partial charge in [-0.3, -0.25) is 14.8 Å². The van der Waals surface area contributed by atoms with Crippen LogP contribution in [0.25, 0.3) is 22.2 Å². The molecule has 0 saturated carbocycles. The second kappa shape index (κ2) is 7.68. The number of carbonyl (C=O) groups excluding carboxylic acids is 1. The minimum Gasteiger partial charge on any atom is -0.455 e. The minimum atomic E-state index is 0.0723. The van der Waals surface area contributed by atoms with Crippen LogP contribution in [0, 0.1) is 0 Å². The molecule has 4 rings (SSSR count). The predicted octanol–water partition coefficient (Wildman–Crippen LogP) is 3.27. The molecule has 0 atom stereocenters. The summed E-state index contributed by atoms with van der Waals surface area (Å²) >= 11 is 0. The van der Waals surface area contributed by atoms with Crippen LogP contribution in [0.1, 0.15) is 23.4 Å². The highest BCUT2D eigenvalue weighted by molar-refractivity contribution is 5.87. The number of hydrogen-bond donors (Lipinski definition) is 1. The lowest BCUT2D eigenvalue weighted by atomic mass is 9.99. The van der Waals surface area contributed by atoms with Gasteiger partial charge >= 0.3 is 0 Å². The number of amides is 1. The summed E-state index contributed by atoms with van der Waals surface area (Å²) in [5.41, 5.74) is 4.51. The van der Waals surface area contributed by atoms with Crippen molar-refractivity contribution in [1.82, 2.24) is 20.2 Å². The van der Waals surface area contributed by atoms with Crippen molar-refractivity contribution in [3.63, 3.8) is 0 Å². The van der Waals surface area contributed by atoms with Gasteiger partial charge in [0.25, 0.3) is 0 Å². The van der Waals surface area contributed by atoms with Gasteiger partial charge in [-0.1, -0.05) is 18.7 Å². The Kier molecular flexibility index (Phi) is 4.93. The van der Waals surface area contributed by atoms with Crippen LogP contribution < -0.4 is 5.32 Å². The number of furan rings is 1. The van der Waals surface area contributed by atoms with Crippen molar-refractivity contribution < 1.29 is 9.21 Å². The van der Waals surface area contributed by atoms with Crippen molar-refractivity contribution in [2.45, 2.75) is 12.8 Å². The molecule has 0 spiro atoms. The summed E-state index contributed by atoms with van der Waals surface area (Å²) in [6.07, 6.45) is 8.19. The summed E-state index contributed by atoms with van der Waals surface area (Å²) in [6, 6.07) is 8.10. The number of rotatable bonds is 5. The average Bonchev–Trinajstić information content (AvgIpc) is 3.17. The molecular formula is C22H22N4O2. The zero-order valence-electron chi connectivity index (χ0n) is 15.8. The Morgan fingerprint density at radius 3 is 3.00 bits per heavy atom. The van der Waals surface area contributed by atoms with Gasteiger partial charge in [-0.25, -0.2) is 0 Å². The highest BCUT2D eigenvalue weighted by Crippen LogP contribution is 2.28. The third-order valence-electron chi connectivity index (χ3n) is 4.94. The Hall–Kier alpha value is -3.41. The van der Waals surface area contributed by atoms with Gasteiger partial charge in [0.15, 0.2) is 5.76 Å². The van der Waals surface area contributed by atoms with E-state index >= 15 is 0 Å². The van der Waals surface area contributed by atoms with E-state index in [1.54, 1.807) is 18.6 Å². The number of aromatic nitrogens is 2. The van der Waals surface area contributed by atoms with E-state index < -0.39 is 0 Å². The van der Waals surface area contributed by atoms with Crippen molar-refractivity contribution in [3.05, 3.63) is 72.5 Å². The van der Waals surface area contributed by atoms with Crippen LogP contribution in [-0.2, 0) is 11.2 Å². The lowest BCUT2D eigenvalue weighted by Crippen LogP contribution is -2.36. The fourth-order valence-electron chi connectivity index (χ4n) is 3.37. The summed E-state index contributed by atoms with van der Waals surface area (Å²) in [7, 11) is 1.82. The Balaban J connectivity index is 1.51. The van der Waals surface area contributed by atoms with Crippen LogP contribution in [0.5, 0.6) is 0 Å². The molecular weight excluding hydrogens is 352 g/mol. The number of fused-ring (bicyclic) bond motifs is 1. The molecule has 1 aliphatic rings. The van der Waals surface area contributed by atoms with Crippen LogP contribution >= 0.6 is 0 Å². The first kappa shape index (κ1) is 18.0. The van der Waals surface area contributed by atoms with Crippen LogP contribution in [-0.4, -0.2) is 40.9 Å². The largest absolute Gasteiger partial charge is 0.455 e. The molecule has 1 N–H and O–H groups in total. The minimum absolute atomic E-state index is 0.0723. The lowest BCUT2D eigenvalue weighted by molar-refractivity contribution is -0.130. The van der Waals surface area contributed by atoms with Crippen molar-refractivity contribution >= 4 is 28.1 Å². The van der Waals surface area contributed by atoms with Crippen molar-refractivity contribution in [2.24, 2.45) is 0 Å². The van der Waals surface area contributed by atoms with Gasteiger partial charge in [0.2, 0.25) is 5.91 Å². The van der Waals surface area contributed by atoms with E-state index in [9.17, 15) is 4.79 Å². The van der Waals surface area contributed by atoms with E-state index in [0.717, 1.165) is 46.5 Å². The summed E-state index contributed by atoms with van der Waals surface area (Å²) in [4.78, 5) is 22.8. The maximum atomic E-state index is 12.7. The van der Waals surface area contributed by atoms with Crippen LogP contribution in [0.3, 0.4) is 0 Å². The normalized spacial score (nSPS) is 14.0. The number of carbonyl (C=O) groups is 1. The van der Waals surface area contributed by atoms with Gasteiger partial charge in [0.1, 0.15) is 5.58 Å². The molecule has 0 fully saturated rings. The summed E-state index contributed by atoms with van der Waals surface area (Å²) in [5.74, 6) is 0.802. The van der Waals surface area contributed by atoms with Gasteiger partial charge in [-0.2, -0.15) is 0 Å². The van der Waals surface area contributed by atoms with E-state index in [-0.39, 0.29) is 12.3 Å². The van der Waals surface area contributed by atoms with Gasteiger partial charge in [0, 0.05) is 44.1 Å². The number of hydrogen-bond acceptors (Lipinski definition) is 5. The molecule has 0 aliphatic carbocycles. The molecule has 0 saturated heterocycles. The maximum absolute atomic E-state index is 12.7. The van der Waals surface area contributed by atoms with Crippen molar-refractivity contribution in [2.75, 3.05) is 20.1 Å². The molecule has 0 radical (unpaired) electrons. The predicted molar refractivity (Wildman–Crippen MR) is 109 cm³/mol. The fraction of sp³-hybridized carbons (Fsp3) is 0.227. The zero-order chi connectivity index (χ0) is 19.5. The Bertz CT molecular complexity index is 1050. The molecule has 2 aromatic heterocycles. The first-order valence-corrected chi connectivity index (χ1v) is 9.27. The highest BCUT2D eigenvalue weighted by Gasteiger charge is 2.20. The van der Waals surface area contributed by atoms with Crippen LogP contribution in [0.15, 0.2) is 59.9 Å². The first-order valence-electron chi connectivity index (χ1n) is 9.27. The monoisotopic (exact) mass is 374 g/mol. The molecule has 0 bridgehead atoms. The summed E-state index contributed by atoms with van der Waals surface area (Å²) < 4.78 is 5.83. The van der Waals surface area contributed by atoms with E-state index in [4.69, 9.17) is 4.42 Å². The molecule has 28 heavy (non-hydrogen) atoms. The molecule has 142 valence electrons. The van der Waals surface area contributed by atoms with Crippen molar-refractivity contribution in [1.29, 1.82) is 0 Å². The van der Waals surface area contributed by atoms with Gasteiger partial charge < -0.3 is 14.6 Å². The second-order valence-electron chi connectivity index (χ2n) is 6.80. The van der Waals surface area contributed by atoms with E-state index in [1.807, 2.05) is 30.1 Å². The van der Waals surface area contributed by atoms with Gasteiger partial charge in [-0.05, 0) is 35.8 Å². The van der Waals surface area contributed by atoms with Gasteiger partial charge in [-0.15, -0.1) is 0 Å². The summed E-state index contributed by atoms with van der Waals surface area (Å²) in [5, 5.41) is 4.03. The molecule has 3 aromatic rings. The quantitative estimate of drug-likeness (QED) is 0.742. The summed E-state index contributed by atoms with van der Waals surface area (Å²) in [6.45, 7) is 5.27. The second-order valence-corrected chi connectivity index (χ2v) is 6.80. The van der Waals surface area contributed by atoms with Crippen molar-refractivity contribution in [3.8, 4) is 0 Å².